The van der Waals surface area contributed by atoms with Crippen LogP contribution >= 0.6 is 0 Å². The van der Waals surface area contributed by atoms with Gasteiger partial charge in [-0.1, -0.05) is 20.3 Å². The van der Waals surface area contributed by atoms with Crippen molar-refractivity contribution < 1.29 is 9.47 Å². The lowest BCUT2D eigenvalue weighted by molar-refractivity contribution is -0.188. The highest BCUT2D eigenvalue weighted by atomic mass is 16.7. The molecular weight excluding hydrogens is 152 g/mol. The van der Waals surface area contributed by atoms with Gasteiger partial charge in [0.2, 0.25) is 0 Å². The first kappa shape index (κ1) is 10.0. The first-order valence-corrected chi connectivity index (χ1v) is 4.94. The van der Waals surface area contributed by atoms with Crippen LogP contribution in [0.15, 0.2) is 0 Å². The van der Waals surface area contributed by atoms with Crippen molar-refractivity contribution >= 4 is 0 Å². The molecule has 1 aliphatic heterocycles. The van der Waals surface area contributed by atoms with Crippen molar-refractivity contribution in [2.24, 2.45) is 11.8 Å². The van der Waals surface area contributed by atoms with Gasteiger partial charge in [-0.05, 0) is 18.8 Å². The maximum atomic E-state index is 5.54. The summed E-state index contributed by atoms with van der Waals surface area (Å²) in [5.41, 5.74) is 0. The van der Waals surface area contributed by atoms with Gasteiger partial charge >= 0.3 is 0 Å². The van der Waals surface area contributed by atoms with E-state index in [-0.39, 0.29) is 6.29 Å². The Kier molecular flexibility index (Phi) is 4.02. The zero-order valence-corrected chi connectivity index (χ0v) is 8.38. The molecule has 1 saturated heterocycles. The smallest absolute Gasteiger partial charge is 0.160 e. The first-order chi connectivity index (χ1) is 5.79. The summed E-state index contributed by atoms with van der Waals surface area (Å²) in [5, 5.41) is 0. The van der Waals surface area contributed by atoms with E-state index in [9.17, 15) is 0 Å². The van der Waals surface area contributed by atoms with Crippen molar-refractivity contribution in [2.75, 3.05) is 13.7 Å². The normalized spacial score (nSPS) is 33.2. The number of hydrogen-bond acceptors (Lipinski definition) is 2. The van der Waals surface area contributed by atoms with Crippen molar-refractivity contribution in [3.05, 3.63) is 0 Å². The summed E-state index contributed by atoms with van der Waals surface area (Å²) in [5.74, 6) is 1.32. The summed E-state index contributed by atoms with van der Waals surface area (Å²) < 4.78 is 10.8. The first-order valence-electron chi connectivity index (χ1n) is 4.94. The molecule has 0 bridgehead atoms. The van der Waals surface area contributed by atoms with E-state index in [4.69, 9.17) is 9.47 Å². The topological polar surface area (TPSA) is 18.5 Å². The second kappa shape index (κ2) is 4.83. The molecule has 72 valence electrons. The van der Waals surface area contributed by atoms with E-state index < -0.39 is 0 Å². The molecule has 0 aromatic carbocycles. The predicted molar refractivity (Wildman–Crippen MR) is 48.9 cm³/mol. The molecule has 1 rings (SSSR count). The molecule has 2 nitrogen and oxygen atoms in total. The molecule has 3 atom stereocenters. The van der Waals surface area contributed by atoms with Gasteiger partial charge in [-0.15, -0.1) is 0 Å². The molecule has 0 aromatic heterocycles. The summed E-state index contributed by atoms with van der Waals surface area (Å²) in [4.78, 5) is 0. The van der Waals surface area contributed by atoms with Crippen molar-refractivity contribution in [3.8, 4) is 0 Å². The lowest BCUT2D eigenvalue weighted by atomic mass is 9.86. The fraction of sp³-hybridized carbons (Fsp3) is 1.00. The molecule has 1 heterocycles. The lowest BCUT2D eigenvalue weighted by Crippen LogP contribution is -2.34. The van der Waals surface area contributed by atoms with Crippen LogP contribution < -0.4 is 0 Å². The summed E-state index contributed by atoms with van der Waals surface area (Å²) in [6.07, 6.45) is 3.71. The third-order valence-corrected chi connectivity index (χ3v) is 2.92. The second-order valence-corrected chi connectivity index (χ2v) is 3.67. The number of hydrogen-bond donors (Lipinski definition) is 0. The highest BCUT2D eigenvalue weighted by Crippen LogP contribution is 2.29. The van der Waals surface area contributed by atoms with Gasteiger partial charge in [0.1, 0.15) is 0 Å². The fourth-order valence-electron chi connectivity index (χ4n) is 1.88. The van der Waals surface area contributed by atoms with Crippen LogP contribution in [0.5, 0.6) is 0 Å². The molecule has 2 heteroatoms. The Morgan fingerprint density at radius 2 is 2.33 bits per heavy atom. The fourth-order valence-corrected chi connectivity index (χ4v) is 1.88. The van der Waals surface area contributed by atoms with Crippen LogP contribution in [-0.2, 0) is 9.47 Å². The standard InChI is InChI=1S/C10H20O2/c1-4-8(2)9-6-5-7-12-10(9)11-3/h8-10H,4-7H2,1-3H3. The van der Waals surface area contributed by atoms with Gasteiger partial charge in [-0.3, -0.25) is 0 Å². The van der Waals surface area contributed by atoms with Gasteiger partial charge in [-0.25, -0.2) is 0 Å². The monoisotopic (exact) mass is 172 g/mol. The Morgan fingerprint density at radius 3 is 2.92 bits per heavy atom. The molecule has 0 amide bonds. The average molecular weight is 172 g/mol. The zero-order valence-electron chi connectivity index (χ0n) is 8.38. The Hall–Kier alpha value is -0.0800. The molecule has 0 N–H and O–H groups in total. The second-order valence-electron chi connectivity index (χ2n) is 3.67. The van der Waals surface area contributed by atoms with Gasteiger partial charge in [0.05, 0.1) is 0 Å². The zero-order chi connectivity index (χ0) is 8.97. The minimum Gasteiger partial charge on any atom is -0.356 e. The molecule has 1 aliphatic rings. The summed E-state index contributed by atoms with van der Waals surface area (Å²) in [7, 11) is 1.74. The van der Waals surface area contributed by atoms with Crippen LogP contribution in [0.1, 0.15) is 33.1 Å². The predicted octanol–water partition coefficient (Wildman–Crippen LogP) is 2.43. The van der Waals surface area contributed by atoms with Crippen LogP contribution in [-0.4, -0.2) is 20.0 Å². The van der Waals surface area contributed by atoms with Gasteiger partial charge in [-0.2, -0.15) is 0 Å². The number of rotatable bonds is 3. The minimum atomic E-state index is 0.0497. The van der Waals surface area contributed by atoms with E-state index in [2.05, 4.69) is 13.8 Å². The maximum absolute atomic E-state index is 5.54. The molecule has 3 unspecified atom stereocenters. The van der Waals surface area contributed by atoms with E-state index in [1.165, 1.54) is 19.3 Å². The van der Waals surface area contributed by atoms with Crippen LogP contribution in [0, 0.1) is 11.8 Å². The van der Waals surface area contributed by atoms with Gasteiger partial charge < -0.3 is 9.47 Å². The molecule has 0 aliphatic carbocycles. The minimum absolute atomic E-state index is 0.0497. The van der Waals surface area contributed by atoms with Crippen LogP contribution in [0.3, 0.4) is 0 Å². The van der Waals surface area contributed by atoms with E-state index in [1.807, 2.05) is 0 Å². The van der Waals surface area contributed by atoms with Gasteiger partial charge in [0.15, 0.2) is 6.29 Å². The molecular formula is C10H20O2. The molecule has 1 fully saturated rings. The quantitative estimate of drug-likeness (QED) is 0.651. The Bertz CT molecular complexity index is 125. The molecule has 0 radical (unpaired) electrons. The third-order valence-electron chi connectivity index (χ3n) is 2.92. The molecule has 12 heavy (non-hydrogen) atoms. The van der Waals surface area contributed by atoms with Crippen molar-refractivity contribution in [3.63, 3.8) is 0 Å². The van der Waals surface area contributed by atoms with Crippen molar-refractivity contribution in [1.82, 2.24) is 0 Å². The largest absolute Gasteiger partial charge is 0.356 e. The summed E-state index contributed by atoms with van der Waals surface area (Å²) in [6.45, 7) is 5.38. The van der Waals surface area contributed by atoms with Gasteiger partial charge in [0, 0.05) is 19.6 Å². The highest BCUT2D eigenvalue weighted by molar-refractivity contribution is 4.72. The van der Waals surface area contributed by atoms with E-state index in [0.29, 0.717) is 5.92 Å². The summed E-state index contributed by atoms with van der Waals surface area (Å²) in [6, 6.07) is 0. The SMILES string of the molecule is CCC(C)C1CCCOC1OC. The lowest BCUT2D eigenvalue weighted by Gasteiger charge is -2.34. The third kappa shape index (κ3) is 2.20. The van der Waals surface area contributed by atoms with E-state index >= 15 is 0 Å². The maximum Gasteiger partial charge on any atom is 0.160 e. The number of methoxy groups -OCH3 is 1. The Balaban J connectivity index is 2.46. The van der Waals surface area contributed by atoms with Crippen LogP contribution in [0.2, 0.25) is 0 Å². The molecule has 0 spiro atoms. The molecule has 0 saturated carbocycles. The van der Waals surface area contributed by atoms with Gasteiger partial charge in [0.25, 0.3) is 0 Å². The number of ether oxygens (including phenoxy) is 2. The highest BCUT2D eigenvalue weighted by Gasteiger charge is 2.29. The Morgan fingerprint density at radius 1 is 1.58 bits per heavy atom. The average Bonchev–Trinajstić information content (AvgIpc) is 2.16. The summed E-state index contributed by atoms with van der Waals surface area (Å²) >= 11 is 0. The van der Waals surface area contributed by atoms with E-state index in [0.717, 1.165) is 12.5 Å². The Labute approximate surface area is 75.2 Å². The van der Waals surface area contributed by atoms with E-state index in [1.54, 1.807) is 7.11 Å². The molecule has 0 aromatic rings. The van der Waals surface area contributed by atoms with Crippen LogP contribution in [0.25, 0.3) is 0 Å². The van der Waals surface area contributed by atoms with Crippen molar-refractivity contribution in [2.45, 2.75) is 39.4 Å². The van der Waals surface area contributed by atoms with Crippen LogP contribution in [0.4, 0.5) is 0 Å². The van der Waals surface area contributed by atoms with Crippen molar-refractivity contribution in [1.29, 1.82) is 0 Å².